The molecule has 1 unspecified atom stereocenters. The minimum atomic E-state index is -0.441. The number of nitrogens with one attached hydrogen (secondary N) is 2. The predicted molar refractivity (Wildman–Crippen MR) is 106 cm³/mol. The van der Waals surface area contributed by atoms with Crippen LogP contribution in [-0.2, 0) is 27.1 Å². The van der Waals surface area contributed by atoms with Crippen molar-refractivity contribution in [3.05, 3.63) is 23.0 Å². The van der Waals surface area contributed by atoms with Gasteiger partial charge in [0.05, 0.1) is 18.9 Å². The summed E-state index contributed by atoms with van der Waals surface area (Å²) in [6.45, 7) is 0.558. The fourth-order valence-corrected chi connectivity index (χ4v) is 4.33. The monoisotopic (exact) mass is 398 g/mol. The van der Waals surface area contributed by atoms with Crippen molar-refractivity contribution in [2.75, 3.05) is 31.0 Å². The standard InChI is InChI=1S/C20H26N6O3/c1-28-12-8-16(19(27)29-2)26(10-12)20-21-14-5-3-4-13(14)18(23-20)22-17-9-15(24-25-17)11-6-7-11/h9,11-12,16H,3-8,10H2,1-2H3,(H2,21,22,23,24,25)/t12-,16?/m1/s1. The topological polar surface area (TPSA) is 105 Å². The Morgan fingerprint density at radius 3 is 2.90 bits per heavy atom. The van der Waals surface area contributed by atoms with Crippen molar-refractivity contribution in [2.45, 2.75) is 56.6 Å². The zero-order chi connectivity index (χ0) is 20.0. The first-order chi connectivity index (χ1) is 14.2. The SMILES string of the molecule is COC(=O)C1C[C@@H](OC)CN1c1nc2c(c(Nc3cc(C4CC4)[nH]n3)n1)CCC2. The molecule has 2 atom stereocenters. The molecule has 9 nitrogen and oxygen atoms in total. The Balaban J connectivity index is 1.47. The van der Waals surface area contributed by atoms with Crippen LogP contribution in [0.25, 0.3) is 0 Å². The van der Waals surface area contributed by atoms with Crippen LogP contribution in [0, 0.1) is 0 Å². The maximum absolute atomic E-state index is 12.3. The maximum Gasteiger partial charge on any atom is 0.328 e. The highest BCUT2D eigenvalue weighted by atomic mass is 16.5. The van der Waals surface area contributed by atoms with Gasteiger partial charge in [-0.25, -0.2) is 9.78 Å². The molecule has 154 valence electrons. The summed E-state index contributed by atoms with van der Waals surface area (Å²) in [5, 5.41) is 10.9. The third kappa shape index (κ3) is 3.43. The van der Waals surface area contributed by atoms with E-state index in [1.54, 1.807) is 7.11 Å². The number of hydrogen-bond acceptors (Lipinski definition) is 8. The average molecular weight is 398 g/mol. The maximum atomic E-state index is 12.3. The van der Waals surface area contributed by atoms with E-state index in [0.29, 0.717) is 24.8 Å². The lowest BCUT2D eigenvalue weighted by molar-refractivity contribution is -0.142. The average Bonchev–Trinajstić information content (AvgIpc) is 3.13. The normalized spacial score (nSPS) is 23.3. The van der Waals surface area contributed by atoms with Gasteiger partial charge in [0.15, 0.2) is 5.82 Å². The molecule has 0 amide bonds. The highest BCUT2D eigenvalue weighted by Gasteiger charge is 2.40. The molecule has 2 aromatic heterocycles. The Hall–Kier alpha value is -2.68. The molecule has 0 spiro atoms. The van der Waals surface area contributed by atoms with E-state index < -0.39 is 6.04 Å². The summed E-state index contributed by atoms with van der Waals surface area (Å²) in [4.78, 5) is 23.9. The predicted octanol–water partition coefficient (Wildman–Crippen LogP) is 2.08. The van der Waals surface area contributed by atoms with Gasteiger partial charge < -0.3 is 19.7 Å². The molecule has 2 fully saturated rings. The van der Waals surface area contributed by atoms with E-state index in [2.05, 4.69) is 21.6 Å². The molecule has 2 aromatic rings. The largest absolute Gasteiger partial charge is 0.467 e. The Bertz CT molecular complexity index is 925. The number of aromatic nitrogens is 4. The van der Waals surface area contributed by atoms with Crippen molar-refractivity contribution in [1.29, 1.82) is 0 Å². The van der Waals surface area contributed by atoms with Gasteiger partial charge in [-0.1, -0.05) is 0 Å². The molecule has 9 heteroatoms. The summed E-state index contributed by atoms with van der Waals surface area (Å²) in [5.41, 5.74) is 3.36. The number of nitrogens with zero attached hydrogens (tertiary/aromatic N) is 4. The first-order valence-electron chi connectivity index (χ1n) is 10.3. The summed E-state index contributed by atoms with van der Waals surface area (Å²) in [6, 6.07) is 1.62. The molecule has 2 aliphatic carbocycles. The van der Waals surface area contributed by atoms with Crippen LogP contribution in [0.3, 0.4) is 0 Å². The number of carbonyl (C=O) groups is 1. The molecule has 3 heterocycles. The van der Waals surface area contributed by atoms with Crippen LogP contribution >= 0.6 is 0 Å². The number of aryl methyl sites for hydroxylation is 1. The zero-order valence-corrected chi connectivity index (χ0v) is 16.8. The molecule has 5 rings (SSSR count). The smallest absolute Gasteiger partial charge is 0.328 e. The van der Waals surface area contributed by atoms with E-state index in [1.165, 1.54) is 25.6 Å². The quantitative estimate of drug-likeness (QED) is 0.713. The van der Waals surface area contributed by atoms with Crippen molar-refractivity contribution in [1.82, 2.24) is 20.2 Å². The van der Waals surface area contributed by atoms with Crippen molar-refractivity contribution in [3.63, 3.8) is 0 Å². The van der Waals surface area contributed by atoms with Gasteiger partial charge >= 0.3 is 5.97 Å². The van der Waals surface area contributed by atoms with Crippen molar-refractivity contribution in [2.24, 2.45) is 0 Å². The highest BCUT2D eigenvalue weighted by molar-refractivity contribution is 5.80. The van der Waals surface area contributed by atoms with Gasteiger partial charge in [0, 0.05) is 43.3 Å². The van der Waals surface area contributed by atoms with E-state index in [-0.39, 0.29) is 12.1 Å². The van der Waals surface area contributed by atoms with E-state index in [1.807, 2.05) is 4.90 Å². The van der Waals surface area contributed by atoms with Gasteiger partial charge in [-0.3, -0.25) is 5.10 Å². The van der Waals surface area contributed by atoms with Crippen LogP contribution in [0.15, 0.2) is 6.07 Å². The van der Waals surface area contributed by atoms with E-state index >= 15 is 0 Å². The minimum absolute atomic E-state index is 0.0557. The fraction of sp³-hybridized carbons (Fsp3) is 0.600. The molecule has 0 aromatic carbocycles. The van der Waals surface area contributed by atoms with Gasteiger partial charge in [-0.15, -0.1) is 0 Å². The molecule has 0 bridgehead atoms. The summed E-state index contributed by atoms with van der Waals surface area (Å²) in [7, 11) is 3.07. The second-order valence-electron chi connectivity index (χ2n) is 8.04. The number of carbonyl (C=O) groups excluding carboxylic acids is 1. The Kier molecular flexibility index (Phi) is 4.61. The Labute approximate surface area is 169 Å². The van der Waals surface area contributed by atoms with Crippen LogP contribution in [-0.4, -0.2) is 59.0 Å². The van der Waals surface area contributed by atoms with Gasteiger partial charge in [-0.2, -0.15) is 10.1 Å². The van der Waals surface area contributed by atoms with Crippen LogP contribution in [0.4, 0.5) is 17.6 Å². The van der Waals surface area contributed by atoms with Gasteiger partial charge in [0.25, 0.3) is 0 Å². The number of ether oxygens (including phenoxy) is 2. The summed E-state index contributed by atoms with van der Waals surface area (Å²) in [6.07, 6.45) is 5.86. The summed E-state index contributed by atoms with van der Waals surface area (Å²) in [5.74, 6) is 2.42. The van der Waals surface area contributed by atoms with Crippen LogP contribution < -0.4 is 10.2 Å². The number of methoxy groups -OCH3 is 2. The van der Waals surface area contributed by atoms with E-state index in [0.717, 1.165) is 42.2 Å². The number of esters is 1. The summed E-state index contributed by atoms with van der Waals surface area (Å²) >= 11 is 0. The number of H-pyrrole nitrogens is 1. The lowest BCUT2D eigenvalue weighted by Crippen LogP contribution is -2.38. The number of hydrogen-bond donors (Lipinski definition) is 2. The molecule has 1 saturated heterocycles. The second kappa shape index (κ2) is 7.29. The molecule has 3 aliphatic rings. The van der Waals surface area contributed by atoms with Crippen molar-refractivity contribution in [3.8, 4) is 0 Å². The number of fused-ring (bicyclic) bond motifs is 1. The molecule has 2 N–H and O–H groups in total. The number of anilines is 3. The van der Waals surface area contributed by atoms with Gasteiger partial charge in [-0.05, 0) is 32.1 Å². The third-order valence-corrected chi connectivity index (χ3v) is 6.11. The number of aromatic amines is 1. The van der Waals surface area contributed by atoms with E-state index in [9.17, 15) is 4.79 Å². The van der Waals surface area contributed by atoms with Gasteiger partial charge in [0.1, 0.15) is 11.9 Å². The van der Waals surface area contributed by atoms with E-state index in [4.69, 9.17) is 19.4 Å². The first-order valence-corrected chi connectivity index (χ1v) is 10.3. The fourth-order valence-electron chi connectivity index (χ4n) is 4.33. The minimum Gasteiger partial charge on any atom is -0.467 e. The molecule has 29 heavy (non-hydrogen) atoms. The second-order valence-corrected chi connectivity index (χ2v) is 8.04. The molecule has 1 saturated carbocycles. The molecular weight excluding hydrogens is 372 g/mol. The highest BCUT2D eigenvalue weighted by Crippen LogP contribution is 2.40. The van der Waals surface area contributed by atoms with Crippen LogP contribution in [0.5, 0.6) is 0 Å². The third-order valence-electron chi connectivity index (χ3n) is 6.11. The van der Waals surface area contributed by atoms with Gasteiger partial charge in [0.2, 0.25) is 5.95 Å². The molecule has 1 aliphatic heterocycles. The zero-order valence-electron chi connectivity index (χ0n) is 16.8. The van der Waals surface area contributed by atoms with Crippen LogP contribution in [0.2, 0.25) is 0 Å². The number of rotatable bonds is 6. The summed E-state index contributed by atoms with van der Waals surface area (Å²) < 4.78 is 10.5. The lowest BCUT2D eigenvalue weighted by atomic mass is 10.2. The Morgan fingerprint density at radius 1 is 1.28 bits per heavy atom. The first kappa shape index (κ1) is 18.4. The molecular formula is C20H26N6O3. The van der Waals surface area contributed by atoms with Crippen molar-refractivity contribution < 1.29 is 14.3 Å². The Morgan fingerprint density at radius 2 is 2.14 bits per heavy atom. The van der Waals surface area contributed by atoms with Crippen molar-refractivity contribution >= 4 is 23.6 Å². The van der Waals surface area contributed by atoms with Crippen LogP contribution in [0.1, 0.15) is 48.6 Å². The molecule has 0 radical (unpaired) electrons. The lowest BCUT2D eigenvalue weighted by Gasteiger charge is -2.23.